The standard InChI is InChI=1S/C17H21N3O/c1-13-4-6-14(7-5-13)11-17(21)19-12-15-8-9-18-16(10-15)20(2)3/h4-10H,11-12H2,1-3H3,(H,19,21). The second-order valence-corrected chi connectivity index (χ2v) is 5.36. The third-order valence-electron chi connectivity index (χ3n) is 3.24. The average molecular weight is 283 g/mol. The molecular weight excluding hydrogens is 262 g/mol. The summed E-state index contributed by atoms with van der Waals surface area (Å²) < 4.78 is 0. The number of carbonyl (C=O) groups excluding carboxylic acids is 1. The summed E-state index contributed by atoms with van der Waals surface area (Å²) in [5.74, 6) is 0.919. The highest BCUT2D eigenvalue weighted by molar-refractivity contribution is 5.78. The second-order valence-electron chi connectivity index (χ2n) is 5.36. The number of nitrogens with one attached hydrogen (secondary N) is 1. The number of amides is 1. The van der Waals surface area contributed by atoms with Crippen molar-refractivity contribution in [1.29, 1.82) is 0 Å². The van der Waals surface area contributed by atoms with Crippen molar-refractivity contribution in [2.75, 3.05) is 19.0 Å². The maximum absolute atomic E-state index is 12.0. The fourth-order valence-corrected chi connectivity index (χ4v) is 1.97. The molecule has 0 aliphatic rings. The van der Waals surface area contributed by atoms with Gasteiger partial charge in [0.05, 0.1) is 6.42 Å². The Labute approximate surface area is 125 Å². The van der Waals surface area contributed by atoms with E-state index < -0.39 is 0 Å². The Kier molecular flexibility index (Phi) is 4.93. The predicted octanol–water partition coefficient (Wildman–Crippen LogP) is 2.31. The van der Waals surface area contributed by atoms with Crippen LogP contribution in [0.15, 0.2) is 42.6 Å². The minimum absolute atomic E-state index is 0.0297. The lowest BCUT2D eigenvalue weighted by molar-refractivity contribution is -0.120. The van der Waals surface area contributed by atoms with E-state index in [1.165, 1.54) is 5.56 Å². The van der Waals surface area contributed by atoms with E-state index in [0.29, 0.717) is 13.0 Å². The van der Waals surface area contributed by atoms with Crippen LogP contribution in [-0.4, -0.2) is 25.0 Å². The first-order valence-corrected chi connectivity index (χ1v) is 6.99. The Bertz CT molecular complexity index is 606. The summed E-state index contributed by atoms with van der Waals surface area (Å²) in [6, 6.07) is 11.9. The SMILES string of the molecule is Cc1ccc(CC(=O)NCc2ccnc(N(C)C)c2)cc1. The molecule has 0 atom stereocenters. The lowest BCUT2D eigenvalue weighted by Crippen LogP contribution is -2.24. The Balaban J connectivity index is 1.89. The lowest BCUT2D eigenvalue weighted by atomic mass is 10.1. The minimum Gasteiger partial charge on any atom is -0.363 e. The van der Waals surface area contributed by atoms with E-state index in [1.54, 1.807) is 6.20 Å². The van der Waals surface area contributed by atoms with E-state index in [1.807, 2.05) is 62.3 Å². The van der Waals surface area contributed by atoms with Gasteiger partial charge in [0.15, 0.2) is 0 Å². The molecule has 0 aliphatic carbocycles. The van der Waals surface area contributed by atoms with E-state index in [9.17, 15) is 4.79 Å². The van der Waals surface area contributed by atoms with Crippen molar-refractivity contribution in [3.63, 3.8) is 0 Å². The van der Waals surface area contributed by atoms with Crippen LogP contribution in [0.2, 0.25) is 0 Å². The molecule has 1 N–H and O–H groups in total. The van der Waals surface area contributed by atoms with Crippen LogP contribution in [0.1, 0.15) is 16.7 Å². The molecule has 1 aromatic carbocycles. The number of nitrogens with zero attached hydrogens (tertiary/aromatic N) is 2. The zero-order chi connectivity index (χ0) is 15.2. The maximum Gasteiger partial charge on any atom is 0.224 e. The van der Waals surface area contributed by atoms with Crippen molar-refractivity contribution in [1.82, 2.24) is 10.3 Å². The smallest absolute Gasteiger partial charge is 0.224 e. The van der Waals surface area contributed by atoms with Gasteiger partial charge in [0.25, 0.3) is 0 Å². The fourth-order valence-electron chi connectivity index (χ4n) is 1.97. The average Bonchev–Trinajstić information content (AvgIpc) is 2.48. The van der Waals surface area contributed by atoms with E-state index in [-0.39, 0.29) is 5.91 Å². The molecule has 4 nitrogen and oxygen atoms in total. The summed E-state index contributed by atoms with van der Waals surface area (Å²) in [4.78, 5) is 18.1. The van der Waals surface area contributed by atoms with Gasteiger partial charge in [0.2, 0.25) is 5.91 Å². The molecule has 0 radical (unpaired) electrons. The molecule has 110 valence electrons. The highest BCUT2D eigenvalue weighted by Gasteiger charge is 2.04. The topological polar surface area (TPSA) is 45.2 Å². The van der Waals surface area contributed by atoms with Crippen molar-refractivity contribution < 1.29 is 4.79 Å². The number of aryl methyl sites for hydroxylation is 1. The Morgan fingerprint density at radius 3 is 2.52 bits per heavy atom. The van der Waals surface area contributed by atoms with Crippen LogP contribution in [-0.2, 0) is 17.8 Å². The first kappa shape index (κ1) is 15.0. The highest BCUT2D eigenvalue weighted by Crippen LogP contribution is 2.09. The fraction of sp³-hybridized carbons (Fsp3) is 0.294. The summed E-state index contributed by atoms with van der Waals surface area (Å²) in [7, 11) is 3.89. The first-order chi connectivity index (χ1) is 10.0. The van der Waals surface area contributed by atoms with Gasteiger partial charge >= 0.3 is 0 Å². The molecule has 4 heteroatoms. The van der Waals surface area contributed by atoms with Crippen molar-refractivity contribution in [3.05, 3.63) is 59.3 Å². The third-order valence-corrected chi connectivity index (χ3v) is 3.24. The van der Waals surface area contributed by atoms with E-state index in [4.69, 9.17) is 0 Å². The Morgan fingerprint density at radius 1 is 1.14 bits per heavy atom. The monoisotopic (exact) mass is 283 g/mol. The van der Waals surface area contributed by atoms with Crippen LogP contribution in [0.4, 0.5) is 5.82 Å². The van der Waals surface area contributed by atoms with Crippen LogP contribution in [0.25, 0.3) is 0 Å². The van der Waals surface area contributed by atoms with Crippen molar-refractivity contribution >= 4 is 11.7 Å². The molecular formula is C17H21N3O. The first-order valence-electron chi connectivity index (χ1n) is 6.99. The zero-order valence-electron chi connectivity index (χ0n) is 12.8. The zero-order valence-corrected chi connectivity index (χ0v) is 12.8. The van der Waals surface area contributed by atoms with Crippen molar-refractivity contribution in [2.45, 2.75) is 19.9 Å². The number of hydrogen-bond donors (Lipinski definition) is 1. The summed E-state index contributed by atoms with van der Waals surface area (Å²) >= 11 is 0. The van der Waals surface area contributed by atoms with Gasteiger partial charge in [-0.1, -0.05) is 29.8 Å². The molecule has 0 fully saturated rings. The van der Waals surface area contributed by atoms with Crippen LogP contribution < -0.4 is 10.2 Å². The van der Waals surface area contributed by atoms with E-state index in [2.05, 4.69) is 10.3 Å². The summed E-state index contributed by atoms with van der Waals surface area (Å²) in [6.07, 6.45) is 2.17. The van der Waals surface area contributed by atoms with Gasteiger partial charge in [0, 0.05) is 26.8 Å². The molecule has 2 rings (SSSR count). The van der Waals surface area contributed by atoms with Gasteiger partial charge in [-0.05, 0) is 30.2 Å². The largest absolute Gasteiger partial charge is 0.363 e. The lowest BCUT2D eigenvalue weighted by Gasteiger charge is -2.12. The van der Waals surface area contributed by atoms with Crippen molar-refractivity contribution in [3.8, 4) is 0 Å². The molecule has 1 heterocycles. The van der Waals surface area contributed by atoms with Gasteiger partial charge in [-0.25, -0.2) is 4.98 Å². The van der Waals surface area contributed by atoms with Gasteiger partial charge in [-0.3, -0.25) is 4.79 Å². The molecule has 0 saturated carbocycles. The minimum atomic E-state index is 0.0297. The van der Waals surface area contributed by atoms with Gasteiger partial charge in [-0.15, -0.1) is 0 Å². The summed E-state index contributed by atoms with van der Waals surface area (Å²) in [5.41, 5.74) is 3.28. The van der Waals surface area contributed by atoms with Crippen molar-refractivity contribution in [2.24, 2.45) is 0 Å². The number of carbonyl (C=O) groups is 1. The van der Waals surface area contributed by atoms with E-state index in [0.717, 1.165) is 16.9 Å². The number of aromatic nitrogens is 1. The van der Waals surface area contributed by atoms with Gasteiger partial charge in [0.1, 0.15) is 5.82 Å². The molecule has 0 bridgehead atoms. The molecule has 0 aliphatic heterocycles. The Hall–Kier alpha value is -2.36. The predicted molar refractivity (Wildman–Crippen MR) is 85.3 cm³/mol. The van der Waals surface area contributed by atoms with Gasteiger partial charge in [-0.2, -0.15) is 0 Å². The molecule has 21 heavy (non-hydrogen) atoms. The molecule has 2 aromatic rings. The molecule has 1 amide bonds. The van der Waals surface area contributed by atoms with Crippen LogP contribution in [0.3, 0.4) is 0 Å². The van der Waals surface area contributed by atoms with Crippen LogP contribution >= 0.6 is 0 Å². The second kappa shape index (κ2) is 6.88. The van der Waals surface area contributed by atoms with Gasteiger partial charge < -0.3 is 10.2 Å². The van der Waals surface area contributed by atoms with Crippen LogP contribution in [0.5, 0.6) is 0 Å². The third kappa shape index (κ3) is 4.60. The van der Waals surface area contributed by atoms with E-state index >= 15 is 0 Å². The summed E-state index contributed by atoms with van der Waals surface area (Å²) in [5, 5.41) is 2.94. The van der Waals surface area contributed by atoms with Crippen LogP contribution in [0, 0.1) is 6.92 Å². The number of benzene rings is 1. The normalized spacial score (nSPS) is 10.2. The number of rotatable bonds is 5. The maximum atomic E-state index is 12.0. The Morgan fingerprint density at radius 2 is 1.86 bits per heavy atom. The number of pyridine rings is 1. The molecule has 0 unspecified atom stereocenters. The highest BCUT2D eigenvalue weighted by atomic mass is 16.1. The summed E-state index contributed by atoms with van der Waals surface area (Å²) in [6.45, 7) is 2.56. The molecule has 0 spiro atoms. The molecule has 1 aromatic heterocycles. The number of hydrogen-bond acceptors (Lipinski definition) is 3. The number of anilines is 1. The molecule has 0 saturated heterocycles. The quantitative estimate of drug-likeness (QED) is 0.916.